The van der Waals surface area contributed by atoms with Crippen LogP contribution < -0.4 is 40.8 Å². The Morgan fingerprint density at radius 1 is 0.773 bits per heavy atom. The van der Waals surface area contributed by atoms with Gasteiger partial charge in [0.05, 0.1) is 37.6 Å². The molecule has 0 unspecified atom stereocenters. The first-order valence-electron chi connectivity index (χ1n) is 30.8. The molecule has 4 saturated heterocycles. The maximum Gasteiger partial charge on any atom is 0.317 e. The number of nitrogens with one attached hydrogen (secondary N) is 3. The molecule has 4 aromatic heterocycles. The predicted octanol–water partition coefficient (Wildman–Crippen LogP) is 6.96. The Morgan fingerprint density at radius 3 is 2.11 bits per heavy atom. The number of benzene rings is 2. The van der Waals surface area contributed by atoms with E-state index >= 15 is 0 Å². The van der Waals surface area contributed by atoms with E-state index in [1.807, 2.05) is 21.9 Å². The molecule has 0 spiro atoms. The van der Waals surface area contributed by atoms with Gasteiger partial charge in [-0.1, -0.05) is 11.6 Å². The summed E-state index contributed by atoms with van der Waals surface area (Å²) in [6.07, 6.45) is 10.6. The number of hydrogen-bond donors (Lipinski definition) is 3. The second kappa shape index (κ2) is 25.6. The third-order valence-electron chi connectivity index (χ3n) is 19.0. The summed E-state index contributed by atoms with van der Waals surface area (Å²) in [6, 6.07) is 8.88. The molecule has 12 rings (SSSR count). The number of carbonyl (C=O) groups is 4. The first-order valence-corrected chi connectivity index (χ1v) is 31.1. The molecule has 468 valence electrons. The molecule has 0 radical (unpaired) electrons. The van der Waals surface area contributed by atoms with Crippen LogP contribution in [0, 0.1) is 11.8 Å². The topological polar surface area (TPSA) is 226 Å². The maximum absolute atomic E-state index is 14.9. The van der Waals surface area contributed by atoms with Crippen LogP contribution >= 0.6 is 11.6 Å². The number of halogens is 3. The Balaban J connectivity index is 0.620. The summed E-state index contributed by atoms with van der Waals surface area (Å²) >= 11 is 6.65. The molecule has 26 heteroatoms. The highest BCUT2D eigenvalue weighted by molar-refractivity contribution is 6.33. The highest BCUT2D eigenvalue weighted by Crippen LogP contribution is 2.44. The van der Waals surface area contributed by atoms with Crippen molar-refractivity contribution in [1.82, 2.24) is 64.3 Å². The van der Waals surface area contributed by atoms with Crippen LogP contribution in [0.15, 0.2) is 53.7 Å². The summed E-state index contributed by atoms with van der Waals surface area (Å²) in [6.45, 7) is 6.74. The van der Waals surface area contributed by atoms with Crippen molar-refractivity contribution in [3.63, 3.8) is 0 Å². The van der Waals surface area contributed by atoms with E-state index < -0.39 is 12.0 Å². The number of aromatic nitrogens is 7. The smallest absolute Gasteiger partial charge is 0.317 e. The molecule has 0 aliphatic carbocycles. The van der Waals surface area contributed by atoms with E-state index in [4.69, 9.17) is 31.2 Å². The van der Waals surface area contributed by atoms with Gasteiger partial charge in [0.15, 0.2) is 24.0 Å². The normalized spacial score (nSPS) is 18.4. The summed E-state index contributed by atoms with van der Waals surface area (Å²) in [7, 11) is 8.02. The minimum absolute atomic E-state index is 0.0135. The summed E-state index contributed by atoms with van der Waals surface area (Å²) in [5.41, 5.74) is 5.49. The van der Waals surface area contributed by atoms with Gasteiger partial charge in [-0.3, -0.25) is 28.5 Å². The minimum atomic E-state index is -2.70. The number of ether oxygens (including phenoxy) is 2. The van der Waals surface area contributed by atoms with Gasteiger partial charge in [-0.15, -0.1) is 0 Å². The first kappa shape index (κ1) is 60.2. The van der Waals surface area contributed by atoms with E-state index in [9.17, 15) is 32.8 Å². The lowest BCUT2D eigenvalue weighted by Crippen LogP contribution is -2.52. The molecule has 88 heavy (non-hydrogen) atoms. The number of methoxy groups -OCH3 is 1. The van der Waals surface area contributed by atoms with Gasteiger partial charge in [0.2, 0.25) is 17.8 Å². The SMILES string of the molecule is CNC(=O)COc1cc2cc(Nc3nc(N4CCC(C(=O)N5CCC(N6CCC(C(=O)N7CCC(n8nc(N9CCCc%10cc(-c%11cnn(C)c%11)c(C(F)F)cc%109)c9c8CCN(C(=O)NC)C9)CC7)CC6)CC5)CC4)ncc3Cl)cc(OC)c2n(C)c1=O. The third kappa shape index (κ3) is 12.0. The average molecular weight is 1230 g/mol. The molecule has 4 fully saturated rings. The van der Waals surface area contributed by atoms with Crippen LogP contribution in [0.2, 0.25) is 5.02 Å². The summed E-state index contributed by atoms with van der Waals surface area (Å²) in [5, 5.41) is 19.1. The van der Waals surface area contributed by atoms with Crippen LogP contribution in [0.25, 0.3) is 22.0 Å². The number of nitrogens with zero attached hydrogens (tertiary/aromatic N) is 13. The molecule has 0 bridgehead atoms. The number of fused-ring (bicyclic) bond motifs is 3. The lowest BCUT2D eigenvalue weighted by Gasteiger charge is -2.43. The van der Waals surface area contributed by atoms with Gasteiger partial charge in [-0.2, -0.15) is 15.2 Å². The standard InChI is InChI=1S/C62H77ClF2N16O7/c1-66-53(82)36-88-52-29-40-27-42(30-51(87-5)54(40)74(4)60(52)85)70-56-48(63)33-68-61(71-56)78-20-10-38(11-21-78)59(84)76-22-12-43(13-23-76)75-18-8-37(9-19-75)58(83)77-24-14-44(15-25-77)81-49-16-26-79(62(86)67-2)35-47(49)57(72-81)80-17-6-7-39-28-45(41-32-69-73(3)34-41)46(55(64)65)31-50(39)80/h27-34,37-38,43-44,55H,6-26,35-36H2,1-5H3,(H,66,82)(H,67,86)(H,68,70,71). The predicted molar refractivity (Wildman–Crippen MR) is 329 cm³/mol. The van der Waals surface area contributed by atoms with Gasteiger partial charge in [-0.25, -0.2) is 18.6 Å². The van der Waals surface area contributed by atoms with Crippen LogP contribution in [0.4, 0.5) is 42.5 Å². The lowest BCUT2D eigenvalue weighted by atomic mass is 9.90. The number of likely N-dealkylation sites (N-methyl/N-ethyl adjacent to an activating group) is 1. The van der Waals surface area contributed by atoms with Crippen molar-refractivity contribution in [3.05, 3.63) is 86.7 Å². The summed E-state index contributed by atoms with van der Waals surface area (Å²) in [5.74, 6) is 1.92. The molecule has 6 aromatic rings. The number of pyridine rings is 1. The monoisotopic (exact) mass is 1230 g/mol. The van der Waals surface area contributed by atoms with Crippen molar-refractivity contribution in [2.75, 3.05) is 108 Å². The number of urea groups is 1. The van der Waals surface area contributed by atoms with Gasteiger partial charge >= 0.3 is 6.03 Å². The van der Waals surface area contributed by atoms with E-state index in [1.165, 1.54) is 18.7 Å². The van der Waals surface area contributed by atoms with E-state index in [-0.39, 0.29) is 59.6 Å². The number of alkyl halides is 2. The highest BCUT2D eigenvalue weighted by atomic mass is 35.5. The van der Waals surface area contributed by atoms with Gasteiger partial charge in [0, 0.05) is 156 Å². The number of aryl methyl sites for hydroxylation is 3. The van der Waals surface area contributed by atoms with Crippen molar-refractivity contribution in [1.29, 1.82) is 0 Å². The maximum atomic E-state index is 14.9. The minimum Gasteiger partial charge on any atom is -0.494 e. The molecule has 6 aliphatic rings. The Hall–Kier alpha value is -8.06. The van der Waals surface area contributed by atoms with Gasteiger partial charge in [-0.05, 0) is 113 Å². The summed E-state index contributed by atoms with van der Waals surface area (Å²) in [4.78, 5) is 88.2. The third-order valence-corrected chi connectivity index (χ3v) is 19.2. The Morgan fingerprint density at radius 2 is 1.47 bits per heavy atom. The van der Waals surface area contributed by atoms with E-state index in [2.05, 4.69) is 45.4 Å². The Labute approximate surface area is 514 Å². The van der Waals surface area contributed by atoms with Crippen molar-refractivity contribution >= 4 is 75.2 Å². The number of likely N-dealkylation sites (tertiary alicyclic amines) is 3. The van der Waals surface area contributed by atoms with Gasteiger partial charge < -0.3 is 59.4 Å². The zero-order chi connectivity index (χ0) is 61.5. The molecule has 0 atom stereocenters. The molecule has 3 N–H and O–H groups in total. The van der Waals surface area contributed by atoms with Crippen molar-refractivity contribution in [2.45, 2.75) is 95.7 Å². The molecule has 23 nitrogen and oxygen atoms in total. The number of hydrogen-bond acceptors (Lipinski definition) is 15. The van der Waals surface area contributed by atoms with E-state index in [0.29, 0.717) is 140 Å². The zero-order valence-electron chi connectivity index (χ0n) is 50.6. The van der Waals surface area contributed by atoms with Crippen LogP contribution in [0.3, 0.4) is 0 Å². The first-order chi connectivity index (χ1) is 42.6. The van der Waals surface area contributed by atoms with Gasteiger partial charge in [0.25, 0.3) is 17.9 Å². The second-order valence-corrected chi connectivity index (χ2v) is 24.5. The highest BCUT2D eigenvalue weighted by Gasteiger charge is 2.39. The van der Waals surface area contributed by atoms with Crippen LogP contribution in [-0.4, -0.2) is 177 Å². The summed E-state index contributed by atoms with van der Waals surface area (Å²) < 4.78 is 46.2. The van der Waals surface area contributed by atoms with Crippen molar-refractivity contribution < 1.29 is 37.4 Å². The van der Waals surface area contributed by atoms with Crippen molar-refractivity contribution in [3.8, 4) is 22.6 Å². The fraction of sp³-hybridized carbons (Fsp3) is 0.532. The van der Waals surface area contributed by atoms with Crippen LogP contribution in [0.5, 0.6) is 11.5 Å². The van der Waals surface area contributed by atoms with Crippen LogP contribution in [0.1, 0.15) is 92.6 Å². The average Bonchev–Trinajstić information content (AvgIpc) is 2.76. The molecule has 10 heterocycles. The quantitative estimate of drug-likeness (QED) is 0.100. The Bertz CT molecular complexity index is 3670. The number of amides is 5. The van der Waals surface area contributed by atoms with E-state index in [1.54, 1.807) is 67.5 Å². The number of piperidine rings is 4. The molecular weight excluding hydrogens is 1150 g/mol. The molecular formula is C62H77ClF2N16O7. The Kier molecular flexibility index (Phi) is 17.5. The number of carbonyl (C=O) groups excluding carboxylic acids is 4. The number of anilines is 5. The van der Waals surface area contributed by atoms with E-state index in [0.717, 1.165) is 87.0 Å². The van der Waals surface area contributed by atoms with Crippen LogP contribution in [-0.2, 0) is 47.9 Å². The molecule has 0 saturated carbocycles. The van der Waals surface area contributed by atoms with Crippen molar-refractivity contribution in [2.24, 2.45) is 25.9 Å². The second-order valence-electron chi connectivity index (χ2n) is 24.1. The molecule has 5 amide bonds. The van der Waals surface area contributed by atoms with Gasteiger partial charge in [0.1, 0.15) is 10.8 Å². The lowest BCUT2D eigenvalue weighted by molar-refractivity contribution is -0.140. The zero-order valence-corrected chi connectivity index (χ0v) is 51.3. The largest absolute Gasteiger partial charge is 0.494 e. The molecule has 2 aromatic carbocycles. The fourth-order valence-corrected chi connectivity index (χ4v) is 14.3. The molecule has 6 aliphatic heterocycles. The number of rotatable bonds is 14. The fourth-order valence-electron chi connectivity index (χ4n) is 14.1.